The minimum absolute atomic E-state index is 0.610. The zero-order valence-electron chi connectivity index (χ0n) is 10.9. The summed E-state index contributed by atoms with van der Waals surface area (Å²) in [6.45, 7) is 2.75. The number of aryl methyl sites for hydroxylation is 1. The lowest BCUT2D eigenvalue weighted by molar-refractivity contribution is 0.112. The van der Waals surface area contributed by atoms with Crippen molar-refractivity contribution >= 4 is 28.0 Å². The van der Waals surface area contributed by atoms with Crippen molar-refractivity contribution in [3.05, 3.63) is 57.7 Å². The van der Waals surface area contributed by atoms with Crippen LogP contribution in [0, 0.1) is 6.92 Å². The van der Waals surface area contributed by atoms with E-state index in [1.165, 1.54) is 5.56 Å². The van der Waals surface area contributed by atoms with Gasteiger partial charge in [-0.3, -0.25) is 4.79 Å². The average Bonchev–Trinajstić information content (AvgIpc) is 2.41. The Hall–Kier alpha value is -1.68. The van der Waals surface area contributed by atoms with Gasteiger partial charge >= 0.3 is 0 Å². The topological polar surface area (TPSA) is 33.2 Å². The zero-order chi connectivity index (χ0) is 13.8. The molecule has 0 radical (unpaired) electrons. The van der Waals surface area contributed by atoms with Crippen LogP contribution in [0.4, 0.5) is 5.82 Å². The van der Waals surface area contributed by atoms with Crippen LogP contribution in [0.2, 0.25) is 0 Å². The fourth-order valence-electron chi connectivity index (χ4n) is 1.99. The molecule has 0 spiro atoms. The number of carbonyl (C=O) groups excluding carboxylic acids is 1. The fourth-order valence-corrected chi connectivity index (χ4v) is 2.26. The van der Waals surface area contributed by atoms with Crippen molar-refractivity contribution < 1.29 is 4.79 Å². The molecule has 0 aliphatic heterocycles. The first kappa shape index (κ1) is 13.7. The Labute approximate surface area is 121 Å². The largest absolute Gasteiger partial charge is 0.355 e. The smallest absolute Gasteiger partial charge is 0.151 e. The number of halogens is 1. The number of anilines is 1. The summed E-state index contributed by atoms with van der Waals surface area (Å²) in [7, 11) is 2.00. The van der Waals surface area contributed by atoms with Gasteiger partial charge in [0.05, 0.1) is 0 Å². The zero-order valence-corrected chi connectivity index (χ0v) is 12.5. The summed E-state index contributed by atoms with van der Waals surface area (Å²) in [5.74, 6) is 0.897. The average molecular weight is 319 g/mol. The molecule has 0 aliphatic carbocycles. The van der Waals surface area contributed by atoms with Crippen LogP contribution in [-0.2, 0) is 6.54 Å². The molecule has 4 heteroatoms. The molecule has 0 atom stereocenters. The molecule has 0 unspecified atom stereocenters. The first-order chi connectivity index (χ1) is 9.10. The van der Waals surface area contributed by atoms with Crippen molar-refractivity contribution in [1.82, 2.24) is 4.98 Å². The van der Waals surface area contributed by atoms with Crippen LogP contribution < -0.4 is 4.90 Å². The maximum absolute atomic E-state index is 10.7. The van der Waals surface area contributed by atoms with E-state index in [1.807, 2.05) is 32.2 Å². The van der Waals surface area contributed by atoms with E-state index in [0.717, 1.165) is 28.7 Å². The lowest BCUT2D eigenvalue weighted by Gasteiger charge is -2.20. The van der Waals surface area contributed by atoms with E-state index < -0.39 is 0 Å². The van der Waals surface area contributed by atoms with Gasteiger partial charge in [-0.15, -0.1) is 0 Å². The third-order valence-electron chi connectivity index (χ3n) is 2.90. The van der Waals surface area contributed by atoms with Crippen LogP contribution in [-0.4, -0.2) is 18.3 Å². The second kappa shape index (κ2) is 5.97. The fraction of sp³-hybridized carbons (Fsp3) is 0.200. The number of aromatic nitrogens is 1. The second-order valence-electron chi connectivity index (χ2n) is 4.51. The van der Waals surface area contributed by atoms with Crippen LogP contribution in [0.3, 0.4) is 0 Å². The van der Waals surface area contributed by atoms with Gasteiger partial charge < -0.3 is 4.90 Å². The molecule has 0 amide bonds. The molecule has 1 aromatic carbocycles. The van der Waals surface area contributed by atoms with Gasteiger partial charge in [0.2, 0.25) is 0 Å². The van der Waals surface area contributed by atoms with Crippen LogP contribution in [0.15, 0.2) is 41.0 Å². The number of rotatable bonds is 4. The van der Waals surface area contributed by atoms with E-state index in [-0.39, 0.29) is 0 Å². The number of hydrogen-bond donors (Lipinski definition) is 0. The normalized spacial score (nSPS) is 10.3. The van der Waals surface area contributed by atoms with Gasteiger partial charge in [0, 0.05) is 29.8 Å². The van der Waals surface area contributed by atoms with Crippen molar-refractivity contribution in [2.45, 2.75) is 13.5 Å². The Kier molecular flexibility index (Phi) is 4.32. The minimum atomic E-state index is 0.610. The quantitative estimate of drug-likeness (QED) is 0.807. The molecule has 98 valence electrons. The summed E-state index contributed by atoms with van der Waals surface area (Å²) >= 11 is 3.43. The van der Waals surface area contributed by atoms with Crippen LogP contribution in [0.25, 0.3) is 0 Å². The Bertz CT molecular complexity index is 581. The molecule has 0 N–H and O–H groups in total. The first-order valence-electron chi connectivity index (χ1n) is 5.97. The molecule has 0 fully saturated rings. The van der Waals surface area contributed by atoms with Gasteiger partial charge in [0.25, 0.3) is 0 Å². The molecule has 19 heavy (non-hydrogen) atoms. The van der Waals surface area contributed by atoms with Gasteiger partial charge in [0.15, 0.2) is 6.29 Å². The van der Waals surface area contributed by atoms with Crippen LogP contribution in [0.5, 0.6) is 0 Å². The van der Waals surface area contributed by atoms with E-state index in [1.54, 1.807) is 6.20 Å². The highest BCUT2D eigenvalue weighted by atomic mass is 79.9. The van der Waals surface area contributed by atoms with Gasteiger partial charge in [-0.2, -0.15) is 0 Å². The van der Waals surface area contributed by atoms with Gasteiger partial charge in [0.1, 0.15) is 5.82 Å². The summed E-state index contributed by atoms with van der Waals surface area (Å²) in [6, 6.07) is 10.1. The molecule has 0 saturated heterocycles. The van der Waals surface area contributed by atoms with Gasteiger partial charge in [-0.1, -0.05) is 28.1 Å². The number of nitrogens with zero attached hydrogens (tertiary/aromatic N) is 2. The predicted octanol–water partition coefficient (Wildman–Crippen LogP) is 3.60. The molecule has 1 aromatic heterocycles. The number of benzene rings is 1. The molecular weight excluding hydrogens is 304 g/mol. The molecular formula is C15H15BrN2O. The molecule has 1 heterocycles. The SMILES string of the molecule is Cc1cc(C=O)cnc1N(C)Cc1ccc(Br)cc1. The Balaban J connectivity index is 2.17. The van der Waals surface area contributed by atoms with Crippen molar-refractivity contribution in [2.75, 3.05) is 11.9 Å². The number of aldehydes is 1. The highest BCUT2D eigenvalue weighted by molar-refractivity contribution is 9.10. The molecule has 0 aliphatic rings. The summed E-state index contributed by atoms with van der Waals surface area (Å²) in [6.07, 6.45) is 2.42. The molecule has 0 bridgehead atoms. The number of carbonyl (C=O) groups is 1. The van der Waals surface area contributed by atoms with Crippen molar-refractivity contribution in [3.63, 3.8) is 0 Å². The van der Waals surface area contributed by atoms with E-state index >= 15 is 0 Å². The van der Waals surface area contributed by atoms with Gasteiger partial charge in [-0.05, 0) is 36.2 Å². The van der Waals surface area contributed by atoms with Crippen LogP contribution in [0.1, 0.15) is 21.5 Å². The second-order valence-corrected chi connectivity index (χ2v) is 5.43. The molecule has 2 aromatic rings. The lowest BCUT2D eigenvalue weighted by Crippen LogP contribution is -2.18. The van der Waals surface area contributed by atoms with E-state index in [9.17, 15) is 4.79 Å². The molecule has 3 nitrogen and oxygen atoms in total. The highest BCUT2D eigenvalue weighted by Crippen LogP contribution is 2.19. The first-order valence-corrected chi connectivity index (χ1v) is 6.77. The minimum Gasteiger partial charge on any atom is -0.355 e. The Morgan fingerprint density at radius 2 is 2.00 bits per heavy atom. The summed E-state index contributed by atoms with van der Waals surface area (Å²) < 4.78 is 1.07. The monoisotopic (exact) mass is 318 g/mol. The molecule has 0 saturated carbocycles. The molecule has 2 rings (SSSR count). The maximum atomic E-state index is 10.7. The van der Waals surface area contributed by atoms with E-state index in [2.05, 4.69) is 37.9 Å². The summed E-state index contributed by atoms with van der Waals surface area (Å²) in [5.41, 5.74) is 2.83. The lowest BCUT2D eigenvalue weighted by atomic mass is 10.2. The standard InChI is InChI=1S/C15H15BrN2O/c1-11-7-13(10-19)8-17-15(11)18(2)9-12-3-5-14(16)6-4-12/h3-8,10H,9H2,1-2H3. The summed E-state index contributed by atoms with van der Waals surface area (Å²) in [5, 5.41) is 0. The predicted molar refractivity (Wildman–Crippen MR) is 80.6 cm³/mol. The van der Waals surface area contributed by atoms with E-state index in [4.69, 9.17) is 0 Å². The highest BCUT2D eigenvalue weighted by Gasteiger charge is 2.07. The van der Waals surface area contributed by atoms with Crippen molar-refractivity contribution in [3.8, 4) is 0 Å². The van der Waals surface area contributed by atoms with Crippen molar-refractivity contribution in [1.29, 1.82) is 0 Å². The summed E-state index contributed by atoms with van der Waals surface area (Å²) in [4.78, 5) is 17.1. The van der Waals surface area contributed by atoms with Crippen LogP contribution >= 0.6 is 15.9 Å². The Morgan fingerprint density at radius 1 is 1.32 bits per heavy atom. The van der Waals surface area contributed by atoms with E-state index in [0.29, 0.717) is 5.56 Å². The Morgan fingerprint density at radius 3 is 2.58 bits per heavy atom. The van der Waals surface area contributed by atoms with Gasteiger partial charge in [-0.25, -0.2) is 4.98 Å². The van der Waals surface area contributed by atoms with Crippen molar-refractivity contribution in [2.24, 2.45) is 0 Å². The number of hydrogen-bond acceptors (Lipinski definition) is 3. The third kappa shape index (κ3) is 3.41. The number of pyridine rings is 1. The third-order valence-corrected chi connectivity index (χ3v) is 3.43. The maximum Gasteiger partial charge on any atom is 0.151 e.